The zero-order valence-corrected chi connectivity index (χ0v) is 14.9. The Kier molecular flexibility index (Phi) is 4.62. The third kappa shape index (κ3) is 3.57. The Bertz CT molecular complexity index is 941. The normalized spacial score (nSPS) is 16.6. The van der Waals surface area contributed by atoms with Crippen LogP contribution in [0.1, 0.15) is 28.8 Å². The Morgan fingerprint density at radius 1 is 1.27 bits per heavy atom. The molecule has 132 valence electrons. The molecule has 0 bridgehead atoms. The van der Waals surface area contributed by atoms with E-state index in [-0.39, 0.29) is 17.9 Å². The smallest absolute Gasteiger partial charge is 0.254 e. The summed E-state index contributed by atoms with van der Waals surface area (Å²) in [5, 5.41) is 2.95. The molecular formula is C19H18N4O2S. The highest BCUT2D eigenvalue weighted by Crippen LogP contribution is 2.21. The molecule has 0 spiro atoms. The topological polar surface area (TPSA) is 75.2 Å². The maximum atomic E-state index is 13.2. The molecule has 1 aliphatic heterocycles. The van der Waals surface area contributed by atoms with Crippen molar-refractivity contribution in [2.75, 3.05) is 6.54 Å². The molecule has 1 fully saturated rings. The van der Waals surface area contributed by atoms with Crippen molar-refractivity contribution in [2.24, 2.45) is 0 Å². The summed E-state index contributed by atoms with van der Waals surface area (Å²) < 4.78 is 0.994. The molecule has 1 aromatic carbocycles. The molecule has 0 radical (unpaired) electrons. The molecule has 26 heavy (non-hydrogen) atoms. The lowest BCUT2D eigenvalue weighted by Crippen LogP contribution is -2.41. The van der Waals surface area contributed by atoms with Gasteiger partial charge in [-0.1, -0.05) is 0 Å². The van der Waals surface area contributed by atoms with Crippen molar-refractivity contribution in [3.63, 3.8) is 0 Å². The van der Waals surface area contributed by atoms with Crippen molar-refractivity contribution in [3.05, 3.63) is 59.4 Å². The van der Waals surface area contributed by atoms with Gasteiger partial charge in [0.15, 0.2) is 0 Å². The van der Waals surface area contributed by atoms with E-state index in [4.69, 9.17) is 0 Å². The summed E-state index contributed by atoms with van der Waals surface area (Å²) in [6.45, 7) is 0.974. The Morgan fingerprint density at radius 3 is 2.88 bits per heavy atom. The number of benzene rings is 1. The molecule has 1 atom stereocenters. The lowest BCUT2D eigenvalue weighted by atomic mass is 10.1. The molecule has 0 saturated carbocycles. The number of pyridine rings is 1. The van der Waals surface area contributed by atoms with E-state index < -0.39 is 0 Å². The number of carbonyl (C=O) groups excluding carboxylic acids is 2. The highest BCUT2D eigenvalue weighted by Gasteiger charge is 2.26. The van der Waals surface area contributed by atoms with Crippen LogP contribution in [0, 0.1) is 0 Å². The van der Waals surface area contributed by atoms with E-state index in [0.29, 0.717) is 25.1 Å². The van der Waals surface area contributed by atoms with Crippen LogP contribution in [0.4, 0.5) is 0 Å². The van der Waals surface area contributed by atoms with E-state index in [1.807, 2.05) is 30.3 Å². The SMILES string of the molecule is O=C1CCC(CN(Cc2ccncc2)C(=O)c2ccc3ncsc3c2)N1. The Morgan fingerprint density at radius 2 is 2.12 bits per heavy atom. The van der Waals surface area contributed by atoms with Gasteiger partial charge >= 0.3 is 0 Å². The maximum Gasteiger partial charge on any atom is 0.254 e. The summed E-state index contributed by atoms with van der Waals surface area (Å²) >= 11 is 1.52. The predicted octanol–water partition coefficient (Wildman–Crippen LogP) is 2.61. The number of carbonyl (C=O) groups is 2. The van der Waals surface area contributed by atoms with Crippen molar-refractivity contribution in [3.8, 4) is 0 Å². The fourth-order valence-corrected chi connectivity index (χ4v) is 3.90. The summed E-state index contributed by atoms with van der Waals surface area (Å²) in [5.74, 6) is 0.00986. The van der Waals surface area contributed by atoms with Gasteiger partial charge in [-0.3, -0.25) is 14.6 Å². The molecule has 2 amide bonds. The van der Waals surface area contributed by atoms with Crippen LogP contribution in [-0.4, -0.2) is 39.3 Å². The molecular weight excluding hydrogens is 348 g/mol. The number of thiazole rings is 1. The van der Waals surface area contributed by atoms with Gasteiger partial charge in [0, 0.05) is 43.5 Å². The van der Waals surface area contributed by atoms with Gasteiger partial charge in [-0.2, -0.15) is 0 Å². The molecule has 3 aromatic rings. The summed E-state index contributed by atoms with van der Waals surface area (Å²) in [6, 6.07) is 9.39. The van der Waals surface area contributed by atoms with Gasteiger partial charge < -0.3 is 10.2 Å². The minimum Gasteiger partial charge on any atom is -0.352 e. The monoisotopic (exact) mass is 366 g/mol. The molecule has 4 rings (SSSR count). The van der Waals surface area contributed by atoms with Crippen molar-refractivity contribution in [1.82, 2.24) is 20.2 Å². The number of nitrogens with zero attached hydrogens (tertiary/aromatic N) is 3. The van der Waals surface area contributed by atoms with Crippen LogP contribution >= 0.6 is 11.3 Å². The molecule has 1 unspecified atom stereocenters. The Hall–Kier alpha value is -2.80. The molecule has 1 N–H and O–H groups in total. The average molecular weight is 366 g/mol. The van der Waals surface area contributed by atoms with Gasteiger partial charge in [0.05, 0.1) is 15.7 Å². The van der Waals surface area contributed by atoms with E-state index in [9.17, 15) is 9.59 Å². The number of fused-ring (bicyclic) bond motifs is 1. The molecule has 1 aliphatic rings. The van der Waals surface area contributed by atoms with E-state index >= 15 is 0 Å². The van der Waals surface area contributed by atoms with Crippen molar-refractivity contribution < 1.29 is 9.59 Å². The van der Waals surface area contributed by atoms with Crippen LogP contribution < -0.4 is 5.32 Å². The van der Waals surface area contributed by atoms with Gasteiger partial charge in [-0.25, -0.2) is 4.98 Å². The second kappa shape index (κ2) is 7.21. The van der Waals surface area contributed by atoms with E-state index in [1.165, 1.54) is 11.3 Å². The van der Waals surface area contributed by atoms with E-state index in [0.717, 1.165) is 22.2 Å². The zero-order chi connectivity index (χ0) is 17.9. The predicted molar refractivity (Wildman–Crippen MR) is 99.8 cm³/mol. The van der Waals surface area contributed by atoms with Gasteiger partial charge in [-0.15, -0.1) is 11.3 Å². The lowest BCUT2D eigenvalue weighted by molar-refractivity contribution is -0.119. The van der Waals surface area contributed by atoms with Gasteiger partial charge in [-0.05, 0) is 42.3 Å². The largest absolute Gasteiger partial charge is 0.352 e. The zero-order valence-electron chi connectivity index (χ0n) is 14.1. The average Bonchev–Trinajstić information content (AvgIpc) is 3.29. The van der Waals surface area contributed by atoms with E-state index in [2.05, 4.69) is 15.3 Å². The first-order valence-electron chi connectivity index (χ1n) is 8.50. The Balaban J connectivity index is 1.59. The molecule has 3 heterocycles. The quantitative estimate of drug-likeness (QED) is 0.753. The highest BCUT2D eigenvalue weighted by molar-refractivity contribution is 7.16. The number of hydrogen-bond donors (Lipinski definition) is 1. The molecule has 2 aromatic heterocycles. The van der Waals surface area contributed by atoms with Crippen molar-refractivity contribution >= 4 is 33.4 Å². The number of amides is 2. The summed E-state index contributed by atoms with van der Waals surface area (Å²) in [4.78, 5) is 34.8. The second-order valence-corrected chi connectivity index (χ2v) is 7.27. The van der Waals surface area contributed by atoms with Crippen molar-refractivity contribution in [1.29, 1.82) is 0 Å². The third-order valence-corrected chi connectivity index (χ3v) is 5.31. The number of hydrogen-bond acceptors (Lipinski definition) is 5. The van der Waals surface area contributed by atoms with Crippen LogP contribution in [0.2, 0.25) is 0 Å². The minimum absolute atomic E-state index is 0.000391. The molecule has 0 aliphatic carbocycles. The van der Waals surface area contributed by atoms with Crippen LogP contribution in [0.25, 0.3) is 10.2 Å². The number of rotatable bonds is 5. The first-order chi connectivity index (χ1) is 12.7. The highest BCUT2D eigenvalue weighted by atomic mass is 32.1. The first kappa shape index (κ1) is 16.7. The summed E-state index contributed by atoms with van der Waals surface area (Å²) in [6.07, 6.45) is 4.72. The number of aromatic nitrogens is 2. The van der Waals surface area contributed by atoms with Gasteiger partial charge in [0.1, 0.15) is 0 Å². The lowest BCUT2D eigenvalue weighted by Gasteiger charge is -2.26. The molecule has 6 nitrogen and oxygen atoms in total. The Labute approximate surface area is 154 Å². The fourth-order valence-electron chi connectivity index (χ4n) is 3.18. The van der Waals surface area contributed by atoms with Crippen LogP contribution in [-0.2, 0) is 11.3 Å². The van der Waals surface area contributed by atoms with Gasteiger partial charge in [0.25, 0.3) is 5.91 Å². The molecule has 7 heteroatoms. The fraction of sp³-hybridized carbons (Fsp3) is 0.263. The maximum absolute atomic E-state index is 13.2. The minimum atomic E-state index is -0.0433. The summed E-state index contributed by atoms with van der Waals surface area (Å²) in [5.41, 5.74) is 4.33. The van der Waals surface area contributed by atoms with E-state index in [1.54, 1.807) is 22.8 Å². The standard InChI is InChI=1S/C19H18N4O2S/c24-18-4-2-15(22-18)11-23(10-13-5-7-20-8-6-13)19(25)14-1-3-16-17(9-14)26-12-21-16/h1,3,5-9,12,15H,2,4,10-11H2,(H,22,24). The van der Waals surface area contributed by atoms with Gasteiger partial charge in [0.2, 0.25) is 5.91 Å². The number of nitrogens with one attached hydrogen (secondary N) is 1. The van der Waals surface area contributed by atoms with Crippen LogP contribution in [0.5, 0.6) is 0 Å². The van der Waals surface area contributed by atoms with Crippen LogP contribution in [0.3, 0.4) is 0 Å². The third-order valence-electron chi connectivity index (χ3n) is 4.51. The summed E-state index contributed by atoms with van der Waals surface area (Å²) in [7, 11) is 0. The van der Waals surface area contributed by atoms with Crippen molar-refractivity contribution in [2.45, 2.75) is 25.4 Å². The molecule has 1 saturated heterocycles. The second-order valence-electron chi connectivity index (χ2n) is 6.38. The first-order valence-corrected chi connectivity index (χ1v) is 9.38. The van der Waals surface area contributed by atoms with Crippen LogP contribution in [0.15, 0.2) is 48.2 Å².